The molecule has 286 valence electrons. The number of ether oxygens (including phenoxy) is 1. The Bertz CT molecular complexity index is 1690. The summed E-state index contributed by atoms with van der Waals surface area (Å²) in [5.74, 6) is 6.78. The highest BCUT2D eigenvalue weighted by Gasteiger charge is 2.45. The number of hydrogen-bond donors (Lipinski definition) is 7. The highest BCUT2D eigenvalue weighted by atomic mass is 16.5. The Morgan fingerprint density at radius 2 is 1.81 bits per heavy atom. The van der Waals surface area contributed by atoms with Crippen LogP contribution in [0.15, 0.2) is 67.0 Å². The zero-order valence-electron chi connectivity index (χ0n) is 31.1. The minimum atomic E-state index is -1.02. The molecule has 9 atom stereocenters. The van der Waals surface area contributed by atoms with Crippen molar-refractivity contribution >= 4 is 5.82 Å². The van der Waals surface area contributed by atoms with Gasteiger partial charge >= 0.3 is 0 Å². The Hall–Kier alpha value is -3.81. The van der Waals surface area contributed by atoms with Gasteiger partial charge in [0.2, 0.25) is 0 Å². The van der Waals surface area contributed by atoms with Crippen LogP contribution in [0.25, 0.3) is 0 Å². The summed E-state index contributed by atoms with van der Waals surface area (Å²) in [5, 5.41) is 55.6. The number of phenolic OH excluding ortho intramolecular Hbond substituents is 1. The smallest absolute Gasteiger partial charge is 0.161 e. The number of nitrogen functional groups attached to an aromatic ring is 1. The molecule has 9 heteroatoms. The first kappa shape index (κ1) is 38.9. The van der Waals surface area contributed by atoms with Crippen molar-refractivity contribution in [2.75, 3.05) is 12.3 Å². The van der Waals surface area contributed by atoms with Gasteiger partial charge in [-0.2, -0.15) is 0 Å². The summed E-state index contributed by atoms with van der Waals surface area (Å²) in [6.07, 6.45) is 15.2. The molecular weight excluding hydrogens is 666 g/mol. The lowest BCUT2D eigenvalue weighted by Crippen LogP contribution is -2.42. The molecule has 0 saturated heterocycles. The molecule has 3 aromatic rings. The number of nitrogens with one attached hydrogen (secondary N) is 1. The van der Waals surface area contributed by atoms with Gasteiger partial charge in [0.15, 0.2) is 11.5 Å². The van der Waals surface area contributed by atoms with Gasteiger partial charge in [-0.3, -0.25) is 0 Å². The van der Waals surface area contributed by atoms with Crippen LogP contribution in [0, 0.1) is 29.6 Å². The topological polar surface area (TPSA) is 165 Å². The molecule has 0 amide bonds. The van der Waals surface area contributed by atoms with E-state index >= 15 is 0 Å². The molecule has 9 nitrogen and oxygen atoms in total. The van der Waals surface area contributed by atoms with Crippen LogP contribution < -0.4 is 10.5 Å². The van der Waals surface area contributed by atoms with Crippen molar-refractivity contribution in [1.82, 2.24) is 9.97 Å². The molecule has 0 aliphatic heterocycles. The predicted octanol–water partition coefficient (Wildman–Crippen LogP) is 6.87. The summed E-state index contributed by atoms with van der Waals surface area (Å²) in [6.45, 7) is 1.94. The number of aromatic hydroxyl groups is 1. The number of fused-ring (bicyclic) bond motifs is 1. The second kappa shape index (κ2) is 18.0. The lowest BCUT2D eigenvalue weighted by Gasteiger charge is -2.45. The average molecular weight is 726 g/mol. The van der Waals surface area contributed by atoms with E-state index in [1.165, 1.54) is 0 Å². The zero-order chi connectivity index (χ0) is 37.4. The third-order valence-electron chi connectivity index (χ3n) is 12.4. The molecule has 8 N–H and O–H groups in total. The number of hydrogen-bond acceptors (Lipinski definition) is 8. The quantitative estimate of drug-likeness (QED) is 0.0786. The van der Waals surface area contributed by atoms with Crippen LogP contribution in [0.4, 0.5) is 5.82 Å². The van der Waals surface area contributed by atoms with Crippen molar-refractivity contribution in [1.29, 1.82) is 0 Å². The van der Waals surface area contributed by atoms with Crippen LogP contribution in [0.2, 0.25) is 0 Å². The normalized spacial score (nSPS) is 27.6. The number of phenols is 1. The van der Waals surface area contributed by atoms with E-state index in [0.717, 1.165) is 74.6 Å². The minimum Gasteiger partial charge on any atom is -0.504 e. The summed E-state index contributed by atoms with van der Waals surface area (Å²) in [7, 11) is 0. The van der Waals surface area contributed by atoms with Crippen LogP contribution in [0.1, 0.15) is 119 Å². The van der Waals surface area contributed by atoms with E-state index in [1.54, 1.807) is 18.3 Å². The van der Waals surface area contributed by atoms with Gasteiger partial charge in [0.05, 0.1) is 18.3 Å². The Kier molecular flexibility index (Phi) is 13.2. The van der Waals surface area contributed by atoms with Crippen molar-refractivity contribution in [3.63, 3.8) is 0 Å². The summed E-state index contributed by atoms with van der Waals surface area (Å²) >= 11 is 0. The Balaban J connectivity index is 1.33. The minimum absolute atomic E-state index is 0.0596. The largest absolute Gasteiger partial charge is 0.504 e. The average Bonchev–Trinajstić information content (AvgIpc) is 3.66. The maximum Gasteiger partial charge on any atom is 0.161 e. The number of aliphatic hydroxyl groups excluding tert-OH is 4. The zero-order valence-corrected chi connectivity index (χ0v) is 31.1. The Morgan fingerprint density at radius 1 is 1.00 bits per heavy atom. The fourth-order valence-corrected chi connectivity index (χ4v) is 9.38. The standard InChI is InChI=1S/C44H59N3O6/c1-2-29-9-4-5-10-37(51)43-30(13-12-29)14-15-31(25-38(43)52)32-16-17-35(49)39(26-32)53-40(36(50)19-24-48)28-34(33-18-23-47-42(45)27-33)44(20-6-3-7-21-44)41-11-8-22-46-41/h8,11,14-18,22-23,26-27,29-31,34,36-38,40,43,46,48-52H,2-7,9-10,19-21,24-25,28H2,1H3,(H2,45,47)/t29-,30+,31-,34+,36+,37-,38+,40+,43+/m0/s1. The van der Waals surface area contributed by atoms with Crippen molar-refractivity contribution in [3.05, 3.63) is 83.8 Å². The summed E-state index contributed by atoms with van der Waals surface area (Å²) < 4.78 is 6.66. The van der Waals surface area contributed by atoms with Crippen molar-refractivity contribution in [3.8, 4) is 23.3 Å². The highest BCUT2D eigenvalue weighted by molar-refractivity contribution is 5.45. The SMILES string of the molecule is CC[C@@H]1C#C[C@@H]2C=C[C@H](c3ccc(O)c(O[C@H](C[C@H](c4ccnc(N)c4)C4(c5ccc[nH]5)CCCCC4)[C@H](O)CCO)c3)C[C@@H](O)[C@H]2[C@@H](O)CCCC1. The van der Waals surface area contributed by atoms with Crippen LogP contribution in [-0.4, -0.2) is 66.5 Å². The van der Waals surface area contributed by atoms with E-state index in [1.807, 2.05) is 36.5 Å². The fraction of sp³-hybridized carbons (Fsp3) is 0.568. The number of nitrogens with two attached hydrogens (primary N) is 1. The number of aromatic amines is 1. The predicted molar refractivity (Wildman–Crippen MR) is 207 cm³/mol. The van der Waals surface area contributed by atoms with Gasteiger partial charge in [-0.15, -0.1) is 0 Å². The van der Waals surface area contributed by atoms with E-state index < -0.39 is 30.3 Å². The Morgan fingerprint density at radius 3 is 2.55 bits per heavy atom. The lowest BCUT2D eigenvalue weighted by atomic mass is 9.60. The molecule has 3 aliphatic carbocycles. The third kappa shape index (κ3) is 9.12. The second-order valence-electron chi connectivity index (χ2n) is 15.7. The fourth-order valence-electron chi connectivity index (χ4n) is 9.38. The second-order valence-corrected chi connectivity index (χ2v) is 15.7. The number of allylic oxidation sites excluding steroid dienone is 2. The number of benzene rings is 1. The van der Waals surface area contributed by atoms with E-state index in [0.29, 0.717) is 31.0 Å². The van der Waals surface area contributed by atoms with Crippen molar-refractivity contribution < 1.29 is 30.3 Å². The van der Waals surface area contributed by atoms with Crippen LogP contribution in [0.3, 0.4) is 0 Å². The highest BCUT2D eigenvalue weighted by Crippen LogP contribution is 2.52. The molecule has 1 saturated carbocycles. The first-order valence-corrected chi connectivity index (χ1v) is 19.9. The van der Waals surface area contributed by atoms with Crippen molar-refractivity contribution in [2.45, 2.75) is 132 Å². The molecule has 0 spiro atoms. The summed E-state index contributed by atoms with van der Waals surface area (Å²) in [6, 6.07) is 13.3. The first-order chi connectivity index (χ1) is 25.7. The molecule has 0 bridgehead atoms. The van der Waals surface area contributed by atoms with E-state index in [-0.39, 0.29) is 47.7 Å². The van der Waals surface area contributed by atoms with Gasteiger partial charge < -0.3 is 41.0 Å². The number of pyridine rings is 1. The molecule has 1 fully saturated rings. The molecule has 2 heterocycles. The van der Waals surface area contributed by atoms with E-state index in [4.69, 9.17) is 10.5 Å². The van der Waals surface area contributed by atoms with Gasteiger partial charge in [0, 0.05) is 60.2 Å². The molecule has 2 aromatic heterocycles. The van der Waals surface area contributed by atoms with Gasteiger partial charge in [-0.25, -0.2) is 4.98 Å². The van der Waals surface area contributed by atoms with E-state index in [9.17, 15) is 25.5 Å². The van der Waals surface area contributed by atoms with Crippen LogP contribution in [0.5, 0.6) is 11.5 Å². The first-order valence-electron chi connectivity index (χ1n) is 19.9. The van der Waals surface area contributed by atoms with Crippen LogP contribution in [-0.2, 0) is 5.41 Å². The van der Waals surface area contributed by atoms with Crippen molar-refractivity contribution in [2.24, 2.45) is 17.8 Å². The number of H-pyrrole nitrogens is 1. The third-order valence-corrected chi connectivity index (χ3v) is 12.4. The van der Waals surface area contributed by atoms with Gasteiger partial charge in [0.25, 0.3) is 0 Å². The number of anilines is 1. The maximum absolute atomic E-state index is 11.6. The summed E-state index contributed by atoms with van der Waals surface area (Å²) in [4.78, 5) is 7.78. The molecular formula is C44H59N3O6. The van der Waals surface area contributed by atoms with Gasteiger partial charge in [-0.1, -0.05) is 69.1 Å². The number of rotatable bonds is 12. The van der Waals surface area contributed by atoms with Gasteiger partial charge in [0.1, 0.15) is 11.9 Å². The lowest BCUT2D eigenvalue weighted by molar-refractivity contribution is -0.00708. The monoisotopic (exact) mass is 725 g/mol. The number of aromatic nitrogens is 2. The molecule has 6 rings (SSSR count). The molecule has 53 heavy (non-hydrogen) atoms. The Labute approximate surface area is 314 Å². The van der Waals surface area contributed by atoms with Crippen LogP contribution >= 0.6 is 0 Å². The molecule has 0 radical (unpaired) electrons. The summed E-state index contributed by atoms with van der Waals surface area (Å²) in [5.41, 5.74) is 8.96. The molecule has 0 unspecified atom stereocenters. The molecule has 1 aromatic carbocycles. The number of aliphatic hydroxyl groups is 4. The number of nitrogens with zero attached hydrogens (tertiary/aromatic N) is 1. The van der Waals surface area contributed by atoms with E-state index in [2.05, 4.69) is 40.9 Å². The maximum atomic E-state index is 11.6. The van der Waals surface area contributed by atoms with Gasteiger partial charge in [-0.05, 0) is 98.4 Å². The molecule has 3 aliphatic rings.